The van der Waals surface area contributed by atoms with E-state index in [0.29, 0.717) is 12.1 Å². The predicted octanol–water partition coefficient (Wildman–Crippen LogP) is 1.16. The van der Waals surface area contributed by atoms with Crippen molar-refractivity contribution in [2.75, 3.05) is 5.73 Å². The lowest BCUT2D eigenvalue weighted by atomic mass is 10.1. The van der Waals surface area contributed by atoms with Crippen LogP contribution in [0.2, 0.25) is 0 Å². The highest BCUT2D eigenvalue weighted by Crippen LogP contribution is 2.19. The lowest BCUT2D eigenvalue weighted by Crippen LogP contribution is -1.96. The molecule has 0 spiro atoms. The normalized spacial score (nSPS) is 10.7. The minimum Gasteiger partial charge on any atom is -0.481 e. The SMILES string of the molecule is Nc1cnc2[nH]cc(CCC(=O)O)c2c1. The van der Waals surface area contributed by atoms with Crippen molar-refractivity contribution in [2.24, 2.45) is 0 Å². The van der Waals surface area contributed by atoms with E-state index in [2.05, 4.69) is 9.97 Å². The number of rotatable bonds is 3. The van der Waals surface area contributed by atoms with Gasteiger partial charge in [-0.2, -0.15) is 0 Å². The fraction of sp³-hybridized carbons (Fsp3) is 0.200. The van der Waals surface area contributed by atoms with E-state index in [1.165, 1.54) is 0 Å². The molecule has 0 unspecified atom stereocenters. The van der Waals surface area contributed by atoms with Crippen LogP contribution < -0.4 is 5.73 Å². The molecule has 5 heteroatoms. The van der Waals surface area contributed by atoms with Crippen LogP contribution in [-0.2, 0) is 11.2 Å². The number of carbonyl (C=O) groups is 1. The van der Waals surface area contributed by atoms with Crippen LogP contribution in [0.3, 0.4) is 0 Å². The third kappa shape index (κ3) is 1.90. The van der Waals surface area contributed by atoms with Crippen LogP contribution in [0.5, 0.6) is 0 Å². The molecular weight excluding hydrogens is 194 g/mol. The number of carboxylic acid groups (broad SMARTS) is 1. The van der Waals surface area contributed by atoms with Crippen LogP contribution >= 0.6 is 0 Å². The van der Waals surface area contributed by atoms with E-state index in [4.69, 9.17) is 10.8 Å². The molecule has 2 aromatic heterocycles. The maximum atomic E-state index is 10.4. The van der Waals surface area contributed by atoms with Crippen LogP contribution in [0, 0.1) is 0 Å². The van der Waals surface area contributed by atoms with Crippen LogP contribution in [0.1, 0.15) is 12.0 Å². The molecule has 0 aliphatic rings. The van der Waals surface area contributed by atoms with Crippen molar-refractivity contribution in [1.82, 2.24) is 9.97 Å². The van der Waals surface area contributed by atoms with Crippen molar-refractivity contribution in [3.63, 3.8) is 0 Å². The quantitative estimate of drug-likeness (QED) is 0.701. The number of nitrogens with two attached hydrogens (primary N) is 1. The van der Waals surface area contributed by atoms with E-state index in [-0.39, 0.29) is 6.42 Å². The minimum atomic E-state index is -0.804. The Morgan fingerprint density at radius 3 is 3.13 bits per heavy atom. The number of aliphatic carboxylic acids is 1. The third-order valence-corrected chi connectivity index (χ3v) is 2.25. The van der Waals surface area contributed by atoms with Gasteiger partial charge in [-0.05, 0) is 18.1 Å². The van der Waals surface area contributed by atoms with Crippen LogP contribution in [0.4, 0.5) is 5.69 Å². The molecule has 15 heavy (non-hydrogen) atoms. The zero-order valence-electron chi connectivity index (χ0n) is 8.03. The number of anilines is 1. The number of nitrogens with one attached hydrogen (secondary N) is 1. The molecule has 0 bridgehead atoms. The summed E-state index contributed by atoms with van der Waals surface area (Å²) in [6.45, 7) is 0. The zero-order valence-corrected chi connectivity index (χ0v) is 8.03. The highest BCUT2D eigenvalue weighted by Gasteiger charge is 2.06. The smallest absolute Gasteiger partial charge is 0.303 e. The van der Waals surface area contributed by atoms with E-state index >= 15 is 0 Å². The van der Waals surface area contributed by atoms with E-state index in [9.17, 15) is 4.79 Å². The van der Waals surface area contributed by atoms with Gasteiger partial charge in [-0.1, -0.05) is 0 Å². The standard InChI is InChI=1S/C10H11N3O2/c11-7-3-8-6(1-2-9(14)15)4-12-10(8)13-5-7/h3-5H,1-2,11H2,(H,12,13)(H,14,15). The second-order valence-electron chi connectivity index (χ2n) is 3.37. The summed E-state index contributed by atoms with van der Waals surface area (Å²) < 4.78 is 0. The van der Waals surface area contributed by atoms with Gasteiger partial charge in [-0.3, -0.25) is 4.79 Å². The van der Waals surface area contributed by atoms with Gasteiger partial charge in [0.25, 0.3) is 0 Å². The first-order chi connectivity index (χ1) is 7.16. The molecule has 0 aliphatic carbocycles. The van der Waals surface area contributed by atoms with Gasteiger partial charge in [0.05, 0.1) is 11.9 Å². The molecular formula is C10H11N3O2. The molecule has 0 atom stereocenters. The molecule has 2 heterocycles. The fourth-order valence-corrected chi connectivity index (χ4v) is 1.52. The van der Waals surface area contributed by atoms with E-state index in [0.717, 1.165) is 16.6 Å². The molecule has 4 N–H and O–H groups in total. The number of nitrogen functional groups attached to an aromatic ring is 1. The second kappa shape index (κ2) is 3.61. The predicted molar refractivity (Wildman–Crippen MR) is 56.5 cm³/mol. The van der Waals surface area contributed by atoms with Crippen LogP contribution in [0.15, 0.2) is 18.5 Å². The Bertz CT molecular complexity index is 504. The summed E-state index contributed by atoms with van der Waals surface area (Å²) in [5, 5.41) is 9.49. The van der Waals surface area contributed by atoms with Crippen LogP contribution in [0.25, 0.3) is 11.0 Å². The lowest BCUT2D eigenvalue weighted by Gasteiger charge is -1.97. The number of nitrogens with zero attached hydrogens (tertiary/aromatic N) is 1. The number of hydrogen-bond acceptors (Lipinski definition) is 3. The Morgan fingerprint density at radius 1 is 1.60 bits per heavy atom. The van der Waals surface area contributed by atoms with Gasteiger partial charge < -0.3 is 15.8 Å². The molecule has 0 fully saturated rings. The number of aromatic amines is 1. The first-order valence-corrected chi connectivity index (χ1v) is 4.60. The van der Waals surface area contributed by atoms with Crippen molar-refractivity contribution < 1.29 is 9.90 Å². The summed E-state index contributed by atoms with van der Waals surface area (Å²) in [5.41, 5.74) is 7.87. The molecule has 78 valence electrons. The maximum absolute atomic E-state index is 10.4. The van der Waals surface area contributed by atoms with Gasteiger partial charge in [0.15, 0.2) is 0 Å². The summed E-state index contributed by atoms with van der Waals surface area (Å²) in [6, 6.07) is 1.80. The average molecular weight is 205 g/mol. The molecule has 0 aromatic carbocycles. The van der Waals surface area contributed by atoms with Gasteiger partial charge in [0.2, 0.25) is 0 Å². The topological polar surface area (TPSA) is 92.0 Å². The van der Waals surface area contributed by atoms with Gasteiger partial charge >= 0.3 is 5.97 Å². The number of aromatic nitrogens is 2. The van der Waals surface area contributed by atoms with Crippen molar-refractivity contribution >= 4 is 22.7 Å². The first-order valence-electron chi connectivity index (χ1n) is 4.60. The highest BCUT2D eigenvalue weighted by molar-refractivity contribution is 5.82. The van der Waals surface area contributed by atoms with Gasteiger partial charge in [0, 0.05) is 18.0 Å². The summed E-state index contributed by atoms with van der Waals surface area (Å²) in [7, 11) is 0. The second-order valence-corrected chi connectivity index (χ2v) is 3.37. The van der Waals surface area contributed by atoms with Crippen molar-refractivity contribution in [3.8, 4) is 0 Å². The highest BCUT2D eigenvalue weighted by atomic mass is 16.4. The number of aryl methyl sites for hydroxylation is 1. The largest absolute Gasteiger partial charge is 0.481 e. The molecule has 2 aromatic rings. The van der Waals surface area contributed by atoms with Gasteiger partial charge in [-0.25, -0.2) is 4.98 Å². The summed E-state index contributed by atoms with van der Waals surface area (Å²) >= 11 is 0. The van der Waals surface area contributed by atoms with Gasteiger partial charge in [-0.15, -0.1) is 0 Å². The molecule has 5 nitrogen and oxygen atoms in total. The fourth-order valence-electron chi connectivity index (χ4n) is 1.52. The summed E-state index contributed by atoms with van der Waals surface area (Å²) in [5.74, 6) is -0.804. The van der Waals surface area contributed by atoms with E-state index < -0.39 is 5.97 Å². The Hall–Kier alpha value is -2.04. The monoisotopic (exact) mass is 205 g/mol. The number of H-pyrrole nitrogens is 1. The molecule has 2 rings (SSSR count). The van der Waals surface area contributed by atoms with Crippen molar-refractivity contribution in [3.05, 3.63) is 24.0 Å². The number of carboxylic acids is 1. The molecule has 0 saturated heterocycles. The van der Waals surface area contributed by atoms with E-state index in [1.54, 1.807) is 18.5 Å². The lowest BCUT2D eigenvalue weighted by molar-refractivity contribution is -0.136. The molecule has 0 saturated carbocycles. The number of pyridine rings is 1. The maximum Gasteiger partial charge on any atom is 0.303 e. The Balaban J connectivity index is 2.35. The summed E-state index contributed by atoms with van der Waals surface area (Å²) in [4.78, 5) is 17.5. The van der Waals surface area contributed by atoms with Crippen LogP contribution in [-0.4, -0.2) is 21.0 Å². The Morgan fingerprint density at radius 2 is 2.40 bits per heavy atom. The minimum absolute atomic E-state index is 0.113. The third-order valence-electron chi connectivity index (χ3n) is 2.25. The van der Waals surface area contributed by atoms with Crippen molar-refractivity contribution in [1.29, 1.82) is 0 Å². The number of hydrogen-bond donors (Lipinski definition) is 3. The molecule has 0 amide bonds. The first kappa shape index (κ1) is 9.51. The number of fused-ring (bicyclic) bond motifs is 1. The van der Waals surface area contributed by atoms with Crippen molar-refractivity contribution in [2.45, 2.75) is 12.8 Å². The molecule has 0 aliphatic heterocycles. The Kier molecular flexibility index (Phi) is 2.29. The average Bonchev–Trinajstić information content (AvgIpc) is 2.57. The Labute approximate surface area is 85.9 Å². The summed E-state index contributed by atoms with van der Waals surface area (Å²) in [6.07, 6.45) is 3.95. The zero-order chi connectivity index (χ0) is 10.8. The molecule has 0 radical (unpaired) electrons. The van der Waals surface area contributed by atoms with E-state index in [1.807, 2.05) is 0 Å². The van der Waals surface area contributed by atoms with Gasteiger partial charge in [0.1, 0.15) is 5.65 Å².